The molecule has 0 aliphatic carbocycles. The van der Waals surface area contributed by atoms with E-state index in [1.54, 1.807) is 14.2 Å². The van der Waals surface area contributed by atoms with Crippen molar-refractivity contribution in [2.24, 2.45) is 0 Å². The summed E-state index contributed by atoms with van der Waals surface area (Å²) in [4.78, 5) is 14.8. The summed E-state index contributed by atoms with van der Waals surface area (Å²) in [7, 11) is 3.25. The number of hydrogen-bond donors (Lipinski definition) is 1. The first kappa shape index (κ1) is 18.4. The first-order valence-electron chi connectivity index (χ1n) is 9.52. The fraction of sp³-hybridized carbons (Fsp3) is 0.348. The lowest BCUT2D eigenvalue weighted by atomic mass is 9.74. The van der Waals surface area contributed by atoms with Gasteiger partial charge >= 0.3 is 0 Å². The molecule has 2 aromatic carbocycles. The zero-order chi connectivity index (χ0) is 19.9. The molecule has 0 bridgehead atoms. The summed E-state index contributed by atoms with van der Waals surface area (Å²) in [6, 6.07) is 14.2. The predicted molar refractivity (Wildman–Crippen MR) is 111 cm³/mol. The molecular formula is C23H26N2O3. The molecule has 28 heavy (non-hydrogen) atoms. The zero-order valence-electron chi connectivity index (χ0n) is 16.8. The van der Waals surface area contributed by atoms with Gasteiger partial charge in [-0.05, 0) is 35.4 Å². The Morgan fingerprint density at radius 2 is 1.82 bits per heavy atom. The molecule has 0 saturated carbocycles. The highest BCUT2D eigenvalue weighted by Crippen LogP contribution is 2.52. The van der Waals surface area contributed by atoms with Gasteiger partial charge in [-0.3, -0.25) is 4.79 Å². The van der Waals surface area contributed by atoms with Gasteiger partial charge in [0.2, 0.25) is 5.91 Å². The summed E-state index contributed by atoms with van der Waals surface area (Å²) >= 11 is 0. The Balaban J connectivity index is 1.80. The summed E-state index contributed by atoms with van der Waals surface area (Å²) in [5, 5.41) is 3.29. The molecule has 5 nitrogen and oxygen atoms in total. The fourth-order valence-corrected chi connectivity index (χ4v) is 4.49. The molecule has 1 atom stereocenters. The second-order valence-electron chi connectivity index (χ2n) is 7.81. The van der Waals surface area contributed by atoms with Crippen LogP contribution in [0, 0.1) is 0 Å². The predicted octanol–water partition coefficient (Wildman–Crippen LogP) is 3.73. The van der Waals surface area contributed by atoms with E-state index in [9.17, 15) is 4.79 Å². The first-order valence-corrected chi connectivity index (χ1v) is 9.52. The Kier molecular flexibility index (Phi) is 4.33. The van der Waals surface area contributed by atoms with Gasteiger partial charge < -0.3 is 19.7 Å². The highest BCUT2D eigenvalue weighted by molar-refractivity contribution is 5.84. The number of anilines is 1. The molecule has 0 spiro atoms. The van der Waals surface area contributed by atoms with E-state index < -0.39 is 5.66 Å². The minimum atomic E-state index is -0.612. The number of nitrogens with one attached hydrogen (secondary N) is 1. The number of carbonyl (C=O) groups excluding carboxylic acids is 1. The molecule has 2 aromatic rings. The molecule has 4 rings (SSSR count). The minimum absolute atomic E-state index is 0.0779. The van der Waals surface area contributed by atoms with Gasteiger partial charge in [-0.2, -0.15) is 0 Å². The molecular weight excluding hydrogens is 352 g/mol. The SMILES string of the molecule is COc1ccc(/C=C/[C@@]23NC(=O)CCN2c2ccccc2C3(C)C)cc1OC. The highest BCUT2D eigenvalue weighted by atomic mass is 16.5. The maximum atomic E-state index is 12.4. The van der Waals surface area contributed by atoms with Crippen molar-refractivity contribution in [1.82, 2.24) is 5.32 Å². The minimum Gasteiger partial charge on any atom is -0.493 e. The van der Waals surface area contributed by atoms with Crippen LogP contribution < -0.4 is 19.7 Å². The van der Waals surface area contributed by atoms with Gasteiger partial charge in [0.05, 0.1) is 14.2 Å². The number of rotatable bonds is 4. The Morgan fingerprint density at radius 3 is 2.57 bits per heavy atom. The van der Waals surface area contributed by atoms with Crippen molar-refractivity contribution in [3.05, 3.63) is 59.7 Å². The number of fused-ring (bicyclic) bond motifs is 3. The first-order chi connectivity index (χ1) is 13.4. The molecule has 0 radical (unpaired) electrons. The number of para-hydroxylation sites is 1. The number of hydrogen-bond acceptors (Lipinski definition) is 4. The second kappa shape index (κ2) is 6.59. The third-order valence-corrected chi connectivity index (χ3v) is 6.06. The number of carbonyl (C=O) groups is 1. The number of amides is 1. The largest absolute Gasteiger partial charge is 0.493 e. The van der Waals surface area contributed by atoms with Gasteiger partial charge in [0.1, 0.15) is 5.66 Å². The quantitative estimate of drug-likeness (QED) is 0.881. The van der Waals surface area contributed by atoms with Crippen LogP contribution in [0.3, 0.4) is 0 Å². The van der Waals surface area contributed by atoms with Gasteiger partial charge in [-0.15, -0.1) is 0 Å². The van der Waals surface area contributed by atoms with Crippen LogP contribution in [0.25, 0.3) is 6.08 Å². The summed E-state index contributed by atoms with van der Waals surface area (Å²) < 4.78 is 10.8. The van der Waals surface area contributed by atoms with Crippen molar-refractivity contribution in [2.45, 2.75) is 31.3 Å². The standard InChI is InChI=1S/C23H26N2O3/c1-22(2)17-7-5-6-8-18(17)25-14-12-21(26)24-23(22,25)13-11-16-9-10-19(27-3)20(15-16)28-4/h5-11,13,15H,12,14H2,1-4H3,(H,24,26)/b13-11+/t23-/m1/s1. The Bertz CT molecular complexity index is 951. The number of ether oxygens (including phenoxy) is 2. The lowest BCUT2D eigenvalue weighted by Crippen LogP contribution is -2.68. The van der Waals surface area contributed by atoms with Crippen molar-refractivity contribution < 1.29 is 14.3 Å². The van der Waals surface area contributed by atoms with Gasteiger partial charge in [0, 0.05) is 24.1 Å². The van der Waals surface area contributed by atoms with Gasteiger partial charge in [-0.1, -0.05) is 44.2 Å². The van der Waals surface area contributed by atoms with Gasteiger partial charge in [0.15, 0.2) is 11.5 Å². The second-order valence-corrected chi connectivity index (χ2v) is 7.81. The maximum Gasteiger partial charge on any atom is 0.223 e. The van der Waals surface area contributed by atoms with E-state index in [4.69, 9.17) is 9.47 Å². The normalized spacial score (nSPS) is 22.6. The number of benzene rings is 2. The number of methoxy groups -OCH3 is 2. The number of nitrogens with zero attached hydrogens (tertiary/aromatic N) is 1. The van der Waals surface area contributed by atoms with Crippen molar-refractivity contribution >= 4 is 17.7 Å². The van der Waals surface area contributed by atoms with E-state index >= 15 is 0 Å². The molecule has 1 fully saturated rings. The average molecular weight is 378 g/mol. The molecule has 2 heterocycles. The molecule has 1 N–H and O–H groups in total. The van der Waals surface area contributed by atoms with E-state index in [2.05, 4.69) is 54.4 Å². The van der Waals surface area contributed by atoms with Gasteiger partial charge in [-0.25, -0.2) is 0 Å². The van der Waals surface area contributed by atoms with Crippen LogP contribution in [-0.2, 0) is 10.2 Å². The smallest absolute Gasteiger partial charge is 0.223 e. The van der Waals surface area contributed by atoms with Crippen LogP contribution in [0.5, 0.6) is 11.5 Å². The Morgan fingerprint density at radius 1 is 1.07 bits per heavy atom. The maximum absolute atomic E-state index is 12.4. The van der Waals surface area contributed by atoms with E-state index in [-0.39, 0.29) is 11.3 Å². The van der Waals surface area contributed by atoms with Crippen molar-refractivity contribution in [3.8, 4) is 11.5 Å². The molecule has 0 unspecified atom stereocenters. The van der Waals surface area contributed by atoms with Gasteiger partial charge in [0.25, 0.3) is 0 Å². The highest BCUT2D eigenvalue weighted by Gasteiger charge is 2.57. The van der Waals surface area contributed by atoms with Crippen LogP contribution in [-0.4, -0.2) is 32.3 Å². The zero-order valence-corrected chi connectivity index (χ0v) is 16.8. The van der Waals surface area contributed by atoms with Crippen LogP contribution >= 0.6 is 0 Å². The molecule has 2 aliphatic heterocycles. The molecule has 1 amide bonds. The molecule has 5 heteroatoms. The van der Waals surface area contributed by atoms with Crippen LogP contribution in [0.15, 0.2) is 48.5 Å². The fourth-order valence-electron chi connectivity index (χ4n) is 4.49. The summed E-state index contributed by atoms with van der Waals surface area (Å²) in [6.07, 6.45) is 4.66. The Hall–Kier alpha value is -2.95. The lowest BCUT2D eigenvalue weighted by Gasteiger charge is -2.49. The third kappa shape index (κ3) is 2.57. The molecule has 146 valence electrons. The van der Waals surface area contributed by atoms with E-state index in [1.165, 1.54) is 11.3 Å². The molecule has 1 saturated heterocycles. The monoisotopic (exact) mass is 378 g/mol. The van der Waals surface area contributed by atoms with Crippen LogP contribution in [0.4, 0.5) is 5.69 Å². The van der Waals surface area contributed by atoms with Crippen LogP contribution in [0.1, 0.15) is 31.4 Å². The van der Waals surface area contributed by atoms with E-state index in [0.29, 0.717) is 24.5 Å². The lowest BCUT2D eigenvalue weighted by molar-refractivity contribution is -0.124. The van der Waals surface area contributed by atoms with Crippen molar-refractivity contribution in [1.29, 1.82) is 0 Å². The molecule has 2 aliphatic rings. The topological polar surface area (TPSA) is 50.8 Å². The third-order valence-electron chi connectivity index (χ3n) is 6.06. The summed E-state index contributed by atoms with van der Waals surface area (Å²) in [6.45, 7) is 5.08. The van der Waals surface area contributed by atoms with Crippen LogP contribution in [0.2, 0.25) is 0 Å². The van der Waals surface area contributed by atoms with E-state index in [1.807, 2.05) is 24.3 Å². The Labute approximate surface area is 165 Å². The summed E-state index contributed by atoms with van der Waals surface area (Å²) in [5.41, 5.74) is 2.52. The average Bonchev–Trinajstić information content (AvgIpc) is 2.90. The summed E-state index contributed by atoms with van der Waals surface area (Å²) in [5.74, 6) is 1.45. The van der Waals surface area contributed by atoms with E-state index in [0.717, 1.165) is 5.56 Å². The molecule has 0 aromatic heterocycles. The van der Waals surface area contributed by atoms with Crippen molar-refractivity contribution in [2.75, 3.05) is 25.7 Å². The van der Waals surface area contributed by atoms with Crippen molar-refractivity contribution in [3.63, 3.8) is 0 Å².